The van der Waals surface area contributed by atoms with Gasteiger partial charge in [-0.1, -0.05) is 13.8 Å². The number of hydrogen-bond donors (Lipinski definition) is 0. The zero-order valence-corrected chi connectivity index (χ0v) is 13.3. The second-order valence-corrected chi connectivity index (χ2v) is 5.47. The minimum atomic E-state index is -0.695. The average molecular weight is 363 g/mol. The Bertz CT molecular complexity index is 504. The highest BCUT2D eigenvalue weighted by Crippen LogP contribution is 2.25. The summed E-state index contributed by atoms with van der Waals surface area (Å²) in [6.07, 6.45) is 0. The average Bonchev–Trinajstić information content (AvgIpc) is 2.39. The highest BCUT2D eigenvalue weighted by molar-refractivity contribution is 9.10. The molecule has 1 aromatic rings. The van der Waals surface area contributed by atoms with Crippen LogP contribution in [0.5, 0.6) is 5.75 Å². The van der Waals surface area contributed by atoms with E-state index >= 15 is 0 Å². The molecule has 1 aromatic carbocycles. The van der Waals surface area contributed by atoms with Gasteiger partial charge in [-0.2, -0.15) is 0 Å². The zero-order valence-electron chi connectivity index (χ0n) is 11.7. The van der Waals surface area contributed by atoms with Crippen molar-refractivity contribution in [3.8, 4) is 5.75 Å². The van der Waals surface area contributed by atoms with E-state index in [0.29, 0.717) is 11.1 Å². The van der Waals surface area contributed by atoms with Crippen LogP contribution in [-0.2, 0) is 19.1 Å². The maximum absolute atomic E-state index is 12.9. The van der Waals surface area contributed by atoms with Crippen LogP contribution in [0.2, 0.25) is 0 Å². The van der Waals surface area contributed by atoms with Gasteiger partial charge in [0.15, 0.2) is 0 Å². The fourth-order valence-corrected chi connectivity index (χ4v) is 1.66. The Morgan fingerprint density at radius 2 is 1.90 bits per heavy atom. The number of halogens is 2. The summed E-state index contributed by atoms with van der Waals surface area (Å²) in [5.74, 6) is -1.29. The Morgan fingerprint density at radius 3 is 2.52 bits per heavy atom. The van der Waals surface area contributed by atoms with Crippen LogP contribution >= 0.6 is 15.9 Å². The van der Waals surface area contributed by atoms with Crippen LogP contribution in [0, 0.1) is 11.7 Å². The summed E-state index contributed by atoms with van der Waals surface area (Å²) in [5.41, 5.74) is 0. The summed E-state index contributed by atoms with van der Waals surface area (Å²) in [6, 6.07) is 3.65. The van der Waals surface area contributed by atoms with Crippen LogP contribution in [0.4, 0.5) is 4.39 Å². The van der Waals surface area contributed by atoms with E-state index in [1.165, 1.54) is 12.1 Å². The fourth-order valence-electron chi connectivity index (χ4n) is 1.23. The maximum Gasteiger partial charge on any atom is 0.337 e. The minimum Gasteiger partial charge on any atom is -0.464 e. The van der Waals surface area contributed by atoms with E-state index in [4.69, 9.17) is 14.2 Å². The Morgan fingerprint density at radius 1 is 1.24 bits per heavy atom. The van der Waals surface area contributed by atoms with E-state index in [-0.39, 0.29) is 18.3 Å². The van der Waals surface area contributed by atoms with E-state index in [0.717, 1.165) is 6.07 Å². The van der Waals surface area contributed by atoms with Gasteiger partial charge in [0.25, 0.3) is 0 Å². The molecule has 0 bridgehead atoms. The third-order valence-corrected chi connectivity index (χ3v) is 2.75. The van der Waals surface area contributed by atoms with Crippen molar-refractivity contribution in [1.29, 1.82) is 0 Å². The van der Waals surface area contributed by atoms with Crippen molar-refractivity contribution in [2.75, 3.05) is 19.8 Å². The van der Waals surface area contributed by atoms with Crippen molar-refractivity contribution in [1.82, 2.24) is 0 Å². The highest BCUT2D eigenvalue weighted by atomic mass is 79.9. The molecule has 0 radical (unpaired) electrons. The summed E-state index contributed by atoms with van der Waals surface area (Å²) in [4.78, 5) is 22.7. The lowest BCUT2D eigenvalue weighted by atomic mass is 10.2. The molecular formula is C14H16BrFO5. The maximum atomic E-state index is 12.9. The lowest BCUT2D eigenvalue weighted by Gasteiger charge is -2.08. The highest BCUT2D eigenvalue weighted by Gasteiger charge is 2.11. The fraction of sp³-hybridized carbons (Fsp3) is 0.429. The summed E-state index contributed by atoms with van der Waals surface area (Å²) in [7, 11) is 0. The molecule has 0 N–H and O–H groups in total. The van der Waals surface area contributed by atoms with Crippen molar-refractivity contribution in [2.45, 2.75) is 13.8 Å². The summed E-state index contributed by atoms with van der Waals surface area (Å²) in [6.45, 7) is 3.39. The Balaban J connectivity index is 2.29. The standard InChI is InChI=1S/C14H16BrFO5/c1-9(2)6-20-13(17)7-19-8-14(18)21-12-4-3-10(16)5-11(12)15/h3-5,9H,6-8H2,1-2H3. The second kappa shape index (κ2) is 8.74. The molecule has 0 saturated heterocycles. The van der Waals surface area contributed by atoms with Crippen molar-refractivity contribution >= 4 is 27.9 Å². The number of rotatable bonds is 7. The van der Waals surface area contributed by atoms with E-state index in [2.05, 4.69) is 15.9 Å². The van der Waals surface area contributed by atoms with Crippen LogP contribution in [0.3, 0.4) is 0 Å². The number of carbonyl (C=O) groups excluding carboxylic acids is 2. The van der Waals surface area contributed by atoms with Gasteiger partial charge in [0, 0.05) is 0 Å². The molecule has 0 spiro atoms. The van der Waals surface area contributed by atoms with Crippen molar-refractivity contribution < 1.29 is 28.2 Å². The van der Waals surface area contributed by atoms with Gasteiger partial charge in [-0.3, -0.25) is 0 Å². The minimum absolute atomic E-state index is 0.174. The van der Waals surface area contributed by atoms with Gasteiger partial charge in [0.2, 0.25) is 0 Å². The molecule has 21 heavy (non-hydrogen) atoms. The summed E-state index contributed by atoms with van der Waals surface area (Å²) < 4.78 is 27.9. The van der Waals surface area contributed by atoms with Crippen LogP contribution in [0.1, 0.15) is 13.8 Å². The molecular weight excluding hydrogens is 347 g/mol. The molecule has 0 fully saturated rings. The molecule has 0 aliphatic carbocycles. The molecule has 0 saturated carbocycles. The predicted octanol–water partition coefficient (Wildman–Crippen LogP) is 2.71. The van der Waals surface area contributed by atoms with Crippen LogP contribution < -0.4 is 4.74 Å². The SMILES string of the molecule is CC(C)COC(=O)COCC(=O)Oc1ccc(F)cc1Br. The number of benzene rings is 1. The van der Waals surface area contributed by atoms with Gasteiger partial charge in [0.1, 0.15) is 24.8 Å². The summed E-state index contributed by atoms with van der Waals surface area (Å²) in [5, 5.41) is 0. The number of esters is 2. The van der Waals surface area contributed by atoms with E-state index < -0.39 is 24.4 Å². The van der Waals surface area contributed by atoms with Gasteiger partial charge >= 0.3 is 11.9 Å². The monoisotopic (exact) mass is 362 g/mol. The first-order valence-electron chi connectivity index (χ1n) is 6.27. The number of carbonyl (C=O) groups is 2. The van der Waals surface area contributed by atoms with Gasteiger partial charge < -0.3 is 14.2 Å². The molecule has 0 aliphatic heterocycles. The van der Waals surface area contributed by atoms with Crippen molar-refractivity contribution in [2.24, 2.45) is 5.92 Å². The van der Waals surface area contributed by atoms with E-state index in [1.54, 1.807) is 0 Å². The van der Waals surface area contributed by atoms with Crippen molar-refractivity contribution in [3.63, 3.8) is 0 Å². The smallest absolute Gasteiger partial charge is 0.337 e. The lowest BCUT2D eigenvalue weighted by molar-refractivity contribution is -0.152. The molecule has 0 aliphatic rings. The van der Waals surface area contributed by atoms with Gasteiger partial charge in [-0.25, -0.2) is 14.0 Å². The predicted molar refractivity (Wildman–Crippen MR) is 76.4 cm³/mol. The van der Waals surface area contributed by atoms with Crippen molar-refractivity contribution in [3.05, 3.63) is 28.5 Å². The molecule has 1 rings (SSSR count). The zero-order chi connectivity index (χ0) is 15.8. The van der Waals surface area contributed by atoms with Crippen LogP contribution in [0.15, 0.2) is 22.7 Å². The largest absolute Gasteiger partial charge is 0.464 e. The first kappa shape index (κ1) is 17.6. The Hall–Kier alpha value is -1.47. The molecule has 0 unspecified atom stereocenters. The normalized spacial score (nSPS) is 10.5. The molecule has 5 nitrogen and oxygen atoms in total. The van der Waals surface area contributed by atoms with Crippen LogP contribution in [0.25, 0.3) is 0 Å². The van der Waals surface area contributed by atoms with Gasteiger partial charge in [-0.15, -0.1) is 0 Å². The molecule has 0 amide bonds. The van der Waals surface area contributed by atoms with Crippen LogP contribution in [-0.4, -0.2) is 31.8 Å². The summed E-state index contributed by atoms with van der Waals surface area (Å²) >= 11 is 3.07. The molecule has 0 atom stereocenters. The first-order valence-corrected chi connectivity index (χ1v) is 7.07. The third-order valence-electron chi connectivity index (χ3n) is 2.14. The second-order valence-electron chi connectivity index (χ2n) is 4.62. The van der Waals surface area contributed by atoms with E-state index in [9.17, 15) is 14.0 Å². The quantitative estimate of drug-likeness (QED) is 0.551. The van der Waals surface area contributed by atoms with E-state index in [1.807, 2.05) is 13.8 Å². The van der Waals surface area contributed by atoms with Gasteiger partial charge in [0.05, 0.1) is 11.1 Å². The molecule has 116 valence electrons. The first-order chi connectivity index (χ1) is 9.88. The number of ether oxygens (including phenoxy) is 3. The lowest BCUT2D eigenvalue weighted by Crippen LogP contribution is -2.21. The topological polar surface area (TPSA) is 61.8 Å². The van der Waals surface area contributed by atoms with Gasteiger partial charge in [-0.05, 0) is 40.0 Å². The molecule has 7 heteroatoms. The molecule has 0 aromatic heterocycles. The molecule has 0 heterocycles. The Labute approximate surface area is 130 Å². The Kier molecular flexibility index (Phi) is 7.31. The number of hydrogen-bond acceptors (Lipinski definition) is 5. The third kappa shape index (κ3) is 7.19.